The first-order valence-corrected chi connectivity index (χ1v) is 7.67. The molecular formula is C18H29N. The SMILES string of the molecule is Cc1ccc(C(C)(N)C2CC(C)CC(C)C2)cc1C. The van der Waals surface area contributed by atoms with E-state index in [1.807, 2.05) is 0 Å². The van der Waals surface area contributed by atoms with Gasteiger partial charge >= 0.3 is 0 Å². The predicted octanol–water partition coefficient (Wildman–Crippen LogP) is 4.55. The number of hydrogen-bond acceptors (Lipinski definition) is 1. The van der Waals surface area contributed by atoms with Crippen LogP contribution in [0.2, 0.25) is 0 Å². The molecule has 0 aromatic heterocycles. The van der Waals surface area contributed by atoms with Gasteiger partial charge in [0, 0.05) is 5.54 Å². The van der Waals surface area contributed by atoms with E-state index in [4.69, 9.17) is 5.73 Å². The Kier molecular flexibility index (Phi) is 4.06. The predicted molar refractivity (Wildman–Crippen MR) is 83.1 cm³/mol. The highest BCUT2D eigenvalue weighted by Crippen LogP contribution is 2.42. The van der Waals surface area contributed by atoms with Crippen LogP contribution in [0.25, 0.3) is 0 Å². The van der Waals surface area contributed by atoms with Gasteiger partial charge in [0.2, 0.25) is 0 Å². The van der Waals surface area contributed by atoms with Crippen molar-refractivity contribution in [1.29, 1.82) is 0 Å². The Morgan fingerprint density at radius 2 is 1.58 bits per heavy atom. The van der Waals surface area contributed by atoms with Crippen molar-refractivity contribution in [2.24, 2.45) is 23.5 Å². The van der Waals surface area contributed by atoms with Gasteiger partial charge in [-0.25, -0.2) is 0 Å². The summed E-state index contributed by atoms with van der Waals surface area (Å²) in [6.07, 6.45) is 3.90. The fourth-order valence-electron chi connectivity index (χ4n) is 3.75. The summed E-state index contributed by atoms with van der Waals surface area (Å²) in [5, 5.41) is 0. The van der Waals surface area contributed by atoms with Gasteiger partial charge in [-0.1, -0.05) is 32.0 Å². The Balaban J connectivity index is 2.27. The molecule has 106 valence electrons. The van der Waals surface area contributed by atoms with Crippen LogP contribution < -0.4 is 5.73 Å². The Bertz CT molecular complexity index is 437. The maximum absolute atomic E-state index is 6.76. The molecule has 0 bridgehead atoms. The van der Waals surface area contributed by atoms with E-state index in [0.717, 1.165) is 11.8 Å². The van der Waals surface area contributed by atoms with Crippen molar-refractivity contribution in [3.05, 3.63) is 34.9 Å². The molecule has 1 aliphatic rings. The third-order valence-corrected chi connectivity index (χ3v) is 5.16. The summed E-state index contributed by atoms with van der Waals surface area (Å²) in [6.45, 7) is 11.3. The first kappa shape index (κ1) is 14.6. The van der Waals surface area contributed by atoms with Gasteiger partial charge < -0.3 is 5.73 Å². The van der Waals surface area contributed by atoms with Gasteiger partial charge in [0.15, 0.2) is 0 Å². The molecule has 1 nitrogen and oxygen atoms in total. The molecule has 3 atom stereocenters. The van der Waals surface area contributed by atoms with E-state index in [9.17, 15) is 0 Å². The first-order valence-electron chi connectivity index (χ1n) is 7.67. The van der Waals surface area contributed by atoms with Gasteiger partial charge in [-0.15, -0.1) is 0 Å². The van der Waals surface area contributed by atoms with Crippen molar-refractivity contribution >= 4 is 0 Å². The molecule has 0 saturated heterocycles. The van der Waals surface area contributed by atoms with Crippen LogP contribution in [0.3, 0.4) is 0 Å². The molecule has 0 spiro atoms. The summed E-state index contributed by atoms with van der Waals surface area (Å²) in [5.74, 6) is 2.22. The zero-order valence-corrected chi connectivity index (χ0v) is 13.2. The van der Waals surface area contributed by atoms with Crippen LogP contribution in [-0.4, -0.2) is 0 Å². The van der Waals surface area contributed by atoms with Crippen LogP contribution in [0.5, 0.6) is 0 Å². The lowest BCUT2D eigenvalue weighted by Crippen LogP contribution is -2.44. The fraction of sp³-hybridized carbons (Fsp3) is 0.667. The smallest absolute Gasteiger partial charge is 0.0409 e. The molecule has 0 amide bonds. The van der Waals surface area contributed by atoms with Crippen LogP contribution in [0.15, 0.2) is 18.2 Å². The molecule has 0 heterocycles. The number of aryl methyl sites for hydroxylation is 2. The Morgan fingerprint density at radius 3 is 2.11 bits per heavy atom. The number of benzene rings is 1. The van der Waals surface area contributed by atoms with E-state index in [2.05, 4.69) is 52.8 Å². The molecule has 2 N–H and O–H groups in total. The van der Waals surface area contributed by atoms with Gasteiger partial charge in [0.05, 0.1) is 0 Å². The van der Waals surface area contributed by atoms with Crippen LogP contribution in [0, 0.1) is 31.6 Å². The first-order chi connectivity index (χ1) is 8.80. The molecule has 1 heteroatoms. The highest BCUT2D eigenvalue weighted by atomic mass is 14.8. The minimum Gasteiger partial charge on any atom is -0.321 e. The quantitative estimate of drug-likeness (QED) is 0.828. The summed E-state index contributed by atoms with van der Waals surface area (Å²) in [7, 11) is 0. The standard InChI is InChI=1S/C18H29N/c1-12-8-13(2)10-17(9-12)18(5,19)16-7-6-14(3)15(4)11-16/h6-7,11-13,17H,8-10,19H2,1-5H3. The van der Waals surface area contributed by atoms with Crippen molar-refractivity contribution in [1.82, 2.24) is 0 Å². The van der Waals surface area contributed by atoms with E-state index >= 15 is 0 Å². The van der Waals surface area contributed by atoms with Crippen LogP contribution >= 0.6 is 0 Å². The molecule has 1 saturated carbocycles. The number of hydrogen-bond donors (Lipinski definition) is 1. The third kappa shape index (κ3) is 3.02. The summed E-state index contributed by atoms with van der Waals surface area (Å²) in [4.78, 5) is 0. The maximum atomic E-state index is 6.76. The number of rotatable bonds is 2. The van der Waals surface area contributed by atoms with E-state index in [1.54, 1.807) is 0 Å². The van der Waals surface area contributed by atoms with Crippen molar-refractivity contribution in [2.75, 3.05) is 0 Å². The normalized spacial score (nSPS) is 30.9. The summed E-state index contributed by atoms with van der Waals surface area (Å²) in [6, 6.07) is 6.73. The van der Waals surface area contributed by atoms with Crippen molar-refractivity contribution < 1.29 is 0 Å². The van der Waals surface area contributed by atoms with Gasteiger partial charge in [0.25, 0.3) is 0 Å². The largest absolute Gasteiger partial charge is 0.321 e. The zero-order chi connectivity index (χ0) is 14.2. The molecule has 2 rings (SSSR count). The van der Waals surface area contributed by atoms with Crippen molar-refractivity contribution in [3.63, 3.8) is 0 Å². The molecule has 1 aromatic carbocycles. The Labute approximate surface area is 118 Å². The minimum absolute atomic E-state index is 0.193. The van der Waals surface area contributed by atoms with E-state index in [0.29, 0.717) is 5.92 Å². The fourth-order valence-corrected chi connectivity index (χ4v) is 3.75. The van der Waals surface area contributed by atoms with Crippen molar-refractivity contribution in [3.8, 4) is 0 Å². The summed E-state index contributed by atoms with van der Waals surface area (Å²) in [5.41, 5.74) is 10.6. The Morgan fingerprint density at radius 1 is 1.00 bits per heavy atom. The summed E-state index contributed by atoms with van der Waals surface area (Å²) < 4.78 is 0. The molecule has 1 aromatic rings. The molecule has 0 radical (unpaired) electrons. The lowest BCUT2D eigenvalue weighted by Gasteiger charge is -2.42. The highest BCUT2D eigenvalue weighted by Gasteiger charge is 2.36. The van der Waals surface area contributed by atoms with Crippen LogP contribution in [0.4, 0.5) is 0 Å². The molecule has 19 heavy (non-hydrogen) atoms. The van der Waals surface area contributed by atoms with Crippen LogP contribution in [0.1, 0.15) is 56.7 Å². The molecular weight excluding hydrogens is 230 g/mol. The van der Waals surface area contributed by atoms with Gasteiger partial charge in [-0.2, -0.15) is 0 Å². The minimum atomic E-state index is -0.193. The second-order valence-corrected chi connectivity index (χ2v) is 7.20. The van der Waals surface area contributed by atoms with Gasteiger partial charge in [0.1, 0.15) is 0 Å². The number of nitrogens with two attached hydrogens (primary N) is 1. The zero-order valence-electron chi connectivity index (χ0n) is 13.2. The molecule has 3 unspecified atom stereocenters. The van der Waals surface area contributed by atoms with Gasteiger partial charge in [-0.05, 0) is 74.5 Å². The van der Waals surface area contributed by atoms with E-state index in [1.165, 1.54) is 36.0 Å². The second-order valence-electron chi connectivity index (χ2n) is 7.20. The van der Waals surface area contributed by atoms with E-state index in [-0.39, 0.29) is 5.54 Å². The average Bonchev–Trinajstić information content (AvgIpc) is 2.31. The second kappa shape index (κ2) is 5.28. The topological polar surface area (TPSA) is 26.0 Å². The monoisotopic (exact) mass is 259 g/mol. The lowest BCUT2D eigenvalue weighted by atomic mass is 9.67. The third-order valence-electron chi connectivity index (χ3n) is 5.16. The molecule has 1 aliphatic carbocycles. The highest BCUT2D eigenvalue weighted by molar-refractivity contribution is 5.34. The molecule has 1 fully saturated rings. The lowest BCUT2D eigenvalue weighted by molar-refractivity contribution is 0.145. The Hall–Kier alpha value is -0.820. The van der Waals surface area contributed by atoms with E-state index < -0.39 is 0 Å². The van der Waals surface area contributed by atoms with Crippen LogP contribution in [-0.2, 0) is 5.54 Å². The summed E-state index contributed by atoms with van der Waals surface area (Å²) >= 11 is 0. The molecule has 0 aliphatic heterocycles. The maximum Gasteiger partial charge on any atom is 0.0409 e. The average molecular weight is 259 g/mol. The van der Waals surface area contributed by atoms with Crippen molar-refractivity contribution in [2.45, 2.75) is 59.4 Å². The van der Waals surface area contributed by atoms with Gasteiger partial charge in [-0.3, -0.25) is 0 Å².